The van der Waals surface area contributed by atoms with Crippen molar-refractivity contribution >= 4 is 5.78 Å². The Morgan fingerprint density at radius 1 is 1.55 bits per heavy atom. The predicted molar refractivity (Wildman–Crippen MR) is 47.2 cm³/mol. The van der Waals surface area contributed by atoms with Gasteiger partial charge in [-0.1, -0.05) is 20.8 Å². The van der Waals surface area contributed by atoms with Gasteiger partial charge in [-0.25, -0.2) is 0 Å². The van der Waals surface area contributed by atoms with Crippen molar-refractivity contribution < 1.29 is 4.79 Å². The van der Waals surface area contributed by atoms with Crippen molar-refractivity contribution in [2.75, 3.05) is 0 Å². The van der Waals surface area contributed by atoms with Crippen LogP contribution in [0.15, 0.2) is 0 Å². The molecule has 0 N–H and O–H groups in total. The van der Waals surface area contributed by atoms with Gasteiger partial charge in [0.25, 0.3) is 0 Å². The molecular formula is C10H18O. The molecule has 0 aromatic rings. The van der Waals surface area contributed by atoms with Crippen molar-refractivity contribution in [1.82, 2.24) is 0 Å². The summed E-state index contributed by atoms with van der Waals surface area (Å²) in [6.07, 6.45) is 1.56. The largest absolute Gasteiger partial charge is 0.300 e. The summed E-state index contributed by atoms with van der Waals surface area (Å²) in [5.74, 6) is 0.660. The van der Waals surface area contributed by atoms with Gasteiger partial charge in [0.2, 0.25) is 0 Å². The van der Waals surface area contributed by atoms with Crippen molar-refractivity contribution in [3.8, 4) is 0 Å². The first kappa shape index (κ1) is 10.7. The van der Waals surface area contributed by atoms with E-state index in [0.29, 0.717) is 12.3 Å². The van der Waals surface area contributed by atoms with Gasteiger partial charge in [0.15, 0.2) is 0 Å². The van der Waals surface area contributed by atoms with Crippen LogP contribution in [-0.2, 0) is 4.79 Å². The minimum Gasteiger partial charge on any atom is -0.300 e. The first-order valence-electron chi connectivity index (χ1n) is 4.12. The van der Waals surface area contributed by atoms with E-state index in [2.05, 4.69) is 6.92 Å². The normalized spacial score (nSPS) is 14.6. The maximum atomic E-state index is 10.6. The lowest BCUT2D eigenvalue weighted by Gasteiger charge is -2.26. The molecule has 0 rings (SSSR count). The number of carbonyl (C=O) groups excluding carboxylic acids is 1. The molecule has 0 aromatic carbocycles. The third-order valence-electron chi connectivity index (χ3n) is 2.20. The topological polar surface area (TPSA) is 17.1 Å². The van der Waals surface area contributed by atoms with Gasteiger partial charge in [-0.3, -0.25) is 0 Å². The van der Waals surface area contributed by atoms with Crippen LogP contribution in [0.4, 0.5) is 0 Å². The monoisotopic (exact) mass is 154 g/mol. The summed E-state index contributed by atoms with van der Waals surface area (Å²) in [7, 11) is 0. The van der Waals surface area contributed by atoms with Gasteiger partial charge in [0.1, 0.15) is 5.78 Å². The Kier molecular flexibility index (Phi) is 3.77. The Hall–Kier alpha value is -0.330. The van der Waals surface area contributed by atoms with Gasteiger partial charge in [0, 0.05) is 6.42 Å². The maximum absolute atomic E-state index is 10.6. The van der Waals surface area contributed by atoms with Crippen LogP contribution in [0, 0.1) is 18.3 Å². The van der Waals surface area contributed by atoms with E-state index in [1.54, 1.807) is 6.92 Å². The Morgan fingerprint density at radius 2 is 2.00 bits per heavy atom. The third kappa shape index (κ3) is 5.00. The van der Waals surface area contributed by atoms with Gasteiger partial charge in [-0.15, -0.1) is 0 Å². The first-order valence-corrected chi connectivity index (χ1v) is 4.12. The first-order chi connectivity index (χ1) is 4.84. The van der Waals surface area contributed by atoms with E-state index in [9.17, 15) is 4.79 Å². The SMILES string of the molecule is [CH]C(C)(C)C(C)CCC(C)=O. The standard InChI is InChI=1S/C10H18O/c1-8(10(3,4)5)6-7-9(2)11/h3,8H,6-7H2,1-2,4-5H3. The zero-order chi connectivity index (χ0) is 9.07. The molecule has 0 fully saturated rings. The van der Waals surface area contributed by atoms with E-state index >= 15 is 0 Å². The number of rotatable bonds is 4. The number of hydrogen-bond acceptors (Lipinski definition) is 1. The highest BCUT2D eigenvalue weighted by Gasteiger charge is 2.19. The molecule has 0 aliphatic rings. The fraction of sp³-hybridized carbons (Fsp3) is 0.800. The van der Waals surface area contributed by atoms with Gasteiger partial charge in [-0.05, 0) is 31.6 Å². The molecule has 64 valence electrons. The van der Waals surface area contributed by atoms with E-state index < -0.39 is 0 Å². The molecule has 0 saturated heterocycles. The Bertz CT molecular complexity index is 130. The second-order valence-corrected chi connectivity index (χ2v) is 3.96. The number of hydrogen-bond donors (Lipinski definition) is 0. The minimum absolute atomic E-state index is 0.157. The Balaban J connectivity index is 3.70. The summed E-state index contributed by atoms with van der Waals surface area (Å²) >= 11 is 0. The molecule has 0 aliphatic heterocycles. The zero-order valence-corrected chi connectivity index (χ0v) is 7.98. The molecule has 1 unspecified atom stereocenters. The number of carbonyl (C=O) groups is 1. The van der Waals surface area contributed by atoms with Crippen molar-refractivity contribution in [3.63, 3.8) is 0 Å². The zero-order valence-electron chi connectivity index (χ0n) is 7.98. The maximum Gasteiger partial charge on any atom is 0.129 e. The Labute approximate surface area is 70.2 Å². The average Bonchev–Trinajstić information content (AvgIpc) is 1.80. The lowest BCUT2D eigenvalue weighted by molar-refractivity contribution is -0.117. The van der Waals surface area contributed by atoms with Gasteiger partial charge in [0.05, 0.1) is 0 Å². The number of ketones is 1. The number of Topliss-reactive ketones (excluding diaryl/α,β-unsaturated/α-hetero) is 1. The van der Waals surface area contributed by atoms with Crippen molar-refractivity contribution in [2.45, 2.75) is 40.5 Å². The summed E-state index contributed by atoms with van der Waals surface area (Å²) in [6, 6.07) is 0. The highest BCUT2D eigenvalue weighted by molar-refractivity contribution is 5.75. The second kappa shape index (κ2) is 3.89. The molecule has 0 heterocycles. The molecular weight excluding hydrogens is 136 g/mol. The van der Waals surface area contributed by atoms with Crippen LogP contribution in [0.5, 0.6) is 0 Å². The molecule has 11 heavy (non-hydrogen) atoms. The fourth-order valence-corrected chi connectivity index (χ4v) is 0.792. The van der Waals surface area contributed by atoms with E-state index in [0.717, 1.165) is 6.42 Å². The van der Waals surface area contributed by atoms with Crippen molar-refractivity contribution in [3.05, 3.63) is 6.92 Å². The average molecular weight is 154 g/mol. The van der Waals surface area contributed by atoms with Crippen LogP contribution >= 0.6 is 0 Å². The lowest BCUT2D eigenvalue weighted by Crippen LogP contribution is -2.18. The lowest BCUT2D eigenvalue weighted by atomic mass is 9.79. The van der Waals surface area contributed by atoms with Crippen molar-refractivity contribution in [1.29, 1.82) is 0 Å². The van der Waals surface area contributed by atoms with E-state index in [1.807, 2.05) is 13.8 Å². The smallest absolute Gasteiger partial charge is 0.129 e. The predicted octanol–water partition coefficient (Wildman–Crippen LogP) is 2.73. The van der Waals surface area contributed by atoms with E-state index in [-0.39, 0.29) is 11.2 Å². The molecule has 0 saturated carbocycles. The summed E-state index contributed by atoms with van der Waals surface area (Å²) in [6.45, 7) is 13.6. The molecule has 0 amide bonds. The van der Waals surface area contributed by atoms with Crippen LogP contribution in [0.1, 0.15) is 40.5 Å². The van der Waals surface area contributed by atoms with E-state index in [1.165, 1.54) is 0 Å². The van der Waals surface area contributed by atoms with Crippen LogP contribution in [0.25, 0.3) is 0 Å². The molecule has 1 atom stereocenters. The van der Waals surface area contributed by atoms with Crippen LogP contribution in [0.2, 0.25) is 0 Å². The highest BCUT2D eigenvalue weighted by Crippen LogP contribution is 2.28. The molecule has 0 aliphatic carbocycles. The fourth-order valence-electron chi connectivity index (χ4n) is 0.792. The molecule has 1 nitrogen and oxygen atoms in total. The van der Waals surface area contributed by atoms with Gasteiger partial charge in [-0.2, -0.15) is 0 Å². The van der Waals surface area contributed by atoms with Crippen LogP contribution < -0.4 is 0 Å². The van der Waals surface area contributed by atoms with Crippen molar-refractivity contribution in [2.24, 2.45) is 11.3 Å². The van der Waals surface area contributed by atoms with E-state index in [4.69, 9.17) is 6.92 Å². The molecule has 1 heteroatoms. The highest BCUT2D eigenvalue weighted by atomic mass is 16.1. The quantitative estimate of drug-likeness (QED) is 0.608. The van der Waals surface area contributed by atoms with Gasteiger partial charge >= 0.3 is 0 Å². The summed E-state index contributed by atoms with van der Waals surface area (Å²) < 4.78 is 0. The molecule has 0 bridgehead atoms. The Morgan fingerprint density at radius 3 is 2.27 bits per heavy atom. The third-order valence-corrected chi connectivity index (χ3v) is 2.20. The molecule has 2 radical (unpaired) electrons. The van der Waals surface area contributed by atoms with Gasteiger partial charge < -0.3 is 4.79 Å². The van der Waals surface area contributed by atoms with Crippen LogP contribution in [-0.4, -0.2) is 5.78 Å². The second-order valence-electron chi connectivity index (χ2n) is 3.96. The molecule has 0 spiro atoms. The van der Waals surface area contributed by atoms with Crippen LogP contribution in [0.3, 0.4) is 0 Å². The summed E-state index contributed by atoms with van der Waals surface area (Å²) in [5, 5.41) is 0. The minimum atomic E-state index is -0.157. The molecule has 0 aromatic heterocycles. The summed E-state index contributed by atoms with van der Waals surface area (Å²) in [4.78, 5) is 10.6. The summed E-state index contributed by atoms with van der Waals surface area (Å²) in [5.41, 5.74) is -0.157.